The second-order valence-electron chi connectivity index (χ2n) is 2.15. The Labute approximate surface area is 67.6 Å². The van der Waals surface area contributed by atoms with Crippen LogP contribution in [-0.4, -0.2) is 22.2 Å². The van der Waals surface area contributed by atoms with Gasteiger partial charge in [0.05, 0.1) is 6.42 Å². The van der Waals surface area contributed by atoms with Crippen LogP contribution in [0.1, 0.15) is 6.42 Å². The zero-order valence-electron chi connectivity index (χ0n) is 5.98. The third-order valence-corrected chi connectivity index (χ3v) is 1.27. The molecule has 1 aliphatic carbocycles. The lowest BCUT2D eigenvalue weighted by molar-refractivity contribution is -0.117. The molecule has 5 nitrogen and oxygen atoms in total. The van der Waals surface area contributed by atoms with E-state index in [0.29, 0.717) is 0 Å². The molecular weight excluding hydrogens is 164 g/mol. The van der Waals surface area contributed by atoms with Crippen molar-refractivity contribution < 1.29 is 24.5 Å². The van der Waals surface area contributed by atoms with Crippen LogP contribution in [0.25, 0.3) is 0 Å². The molecule has 0 saturated heterocycles. The number of carbonyl (C=O) groups is 2. The van der Waals surface area contributed by atoms with Gasteiger partial charge in [-0.3, -0.25) is 4.79 Å². The second-order valence-corrected chi connectivity index (χ2v) is 2.15. The molecule has 2 N–H and O–H groups in total. The number of aliphatic hydroxyl groups is 1. The van der Waals surface area contributed by atoms with Gasteiger partial charge in [-0.25, -0.2) is 4.79 Å². The van der Waals surface area contributed by atoms with Gasteiger partial charge < -0.3 is 14.9 Å². The lowest BCUT2D eigenvalue weighted by atomic mass is 10.1. The lowest BCUT2D eigenvalue weighted by Gasteiger charge is -2.07. The van der Waals surface area contributed by atoms with Gasteiger partial charge in [-0.15, -0.1) is 0 Å². The van der Waals surface area contributed by atoms with Crippen molar-refractivity contribution in [2.24, 2.45) is 0 Å². The van der Waals surface area contributed by atoms with Crippen LogP contribution < -0.4 is 0 Å². The summed E-state index contributed by atoms with van der Waals surface area (Å²) in [4.78, 5) is 20.8. The number of allylic oxidation sites excluding steroid dienone is 4. The van der Waals surface area contributed by atoms with Gasteiger partial charge >= 0.3 is 6.16 Å². The number of rotatable bonds is 1. The molecule has 0 heterocycles. The summed E-state index contributed by atoms with van der Waals surface area (Å²) in [6.07, 6.45) is 0.660. The maximum absolute atomic E-state index is 10.8. The zero-order chi connectivity index (χ0) is 9.14. The summed E-state index contributed by atoms with van der Waals surface area (Å²) in [5, 5.41) is 17.0. The van der Waals surface area contributed by atoms with Crippen molar-refractivity contribution in [3.8, 4) is 0 Å². The topological polar surface area (TPSA) is 83.8 Å². The first-order valence-corrected chi connectivity index (χ1v) is 3.13. The van der Waals surface area contributed by atoms with Crippen molar-refractivity contribution in [3.05, 3.63) is 23.7 Å². The number of carbonyl (C=O) groups excluding carboxylic acids is 1. The summed E-state index contributed by atoms with van der Waals surface area (Å²) in [5.74, 6) is -0.910. The number of hydrogen-bond acceptors (Lipinski definition) is 4. The Balaban J connectivity index is 2.70. The summed E-state index contributed by atoms with van der Waals surface area (Å²) in [6, 6.07) is 0. The van der Waals surface area contributed by atoms with Gasteiger partial charge in [-0.1, -0.05) is 0 Å². The predicted molar refractivity (Wildman–Crippen MR) is 37.5 cm³/mol. The van der Waals surface area contributed by atoms with Crippen molar-refractivity contribution in [2.75, 3.05) is 0 Å². The van der Waals surface area contributed by atoms with E-state index in [1.54, 1.807) is 0 Å². The van der Waals surface area contributed by atoms with Crippen LogP contribution >= 0.6 is 0 Å². The normalized spacial score (nSPS) is 16.5. The van der Waals surface area contributed by atoms with E-state index < -0.39 is 11.9 Å². The quantitative estimate of drug-likeness (QED) is 0.573. The summed E-state index contributed by atoms with van der Waals surface area (Å²) in [6.45, 7) is 0. The Morgan fingerprint density at radius 1 is 1.50 bits per heavy atom. The van der Waals surface area contributed by atoms with Crippen LogP contribution in [0, 0.1) is 0 Å². The fourth-order valence-electron chi connectivity index (χ4n) is 0.755. The number of hydrogen-bond donors (Lipinski definition) is 2. The van der Waals surface area contributed by atoms with Crippen LogP contribution in [0.3, 0.4) is 0 Å². The highest BCUT2D eigenvalue weighted by molar-refractivity contribution is 5.96. The van der Waals surface area contributed by atoms with E-state index in [1.807, 2.05) is 0 Å². The van der Waals surface area contributed by atoms with Gasteiger partial charge in [0.25, 0.3) is 0 Å². The van der Waals surface area contributed by atoms with Crippen LogP contribution in [0.2, 0.25) is 0 Å². The Kier molecular flexibility index (Phi) is 2.14. The molecule has 0 aromatic heterocycles. The van der Waals surface area contributed by atoms with Gasteiger partial charge in [-0.05, 0) is 12.2 Å². The molecule has 0 atom stereocenters. The van der Waals surface area contributed by atoms with Crippen molar-refractivity contribution in [2.45, 2.75) is 6.42 Å². The molecule has 0 saturated carbocycles. The van der Waals surface area contributed by atoms with Crippen molar-refractivity contribution >= 4 is 11.9 Å². The number of carboxylic acid groups (broad SMARTS) is 1. The molecule has 0 radical (unpaired) electrons. The molecule has 12 heavy (non-hydrogen) atoms. The summed E-state index contributed by atoms with van der Waals surface area (Å²) < 4.78 is 4.21. The minimum absolute atomic E-state index is 0.0188. The first-order chi connectivity index (χ1) is 5.59. The fraction of sp³-hybridized carbons (Fsp3) is 0.143. The highest BCUT2D eigenvalue weighted by Gasteiger charge is 2.17. The van der Waals surface area contributed by atoms with E-state index in [1.165, 1.54) is 6.08 Å². The largest absolute Gasteiger partial charge is 0.511 e. The predicted octanol–water partition coefficient (Wildman–Crippen LogP) is 0.980. The summed E-state index contributed by atoms with van der Waals surface area (Å²) >= 11 is 0. The van der Waals surface area contributed by atoms with E-state index in [4.69, 9.17) is 10.2 Å². The first kappa shape index (κ1) is 8.32. The van der Waals surface area contributed by atoms with Gasteiger partial charge in [0, 0.05) is 0 Å². The number of ether oxygens (including phenoxy) is 1. The molecule has 0 aliphatic heterocycles. The van der Waals surface area contributed by atoms with Gasteiger partial charge in [-0.2, -0.15) is 0 Å². The molecule has 1 aliphatic rings. The molecule has 0 aromatic carbocycles. The molecular formula is C7H6O5. The minimum Gasteiger partial charge on any atom is -0.504 e. The van der Waals surface area contributed by atoms with Crippen molar-refractivity contribution in [1.82, 2.24) is 0 Å². The Morgan fingerprint density at radius 2 is 2.17 bits per heavy atom. The smallest absolute Gasteiger partial charge is 0.504 e. The third kappa shape index (κ3) is 1.85. The SMILES string of the molecule is O=C(O)OC1=CC=C(O)C(=O)C1. The molecule has 0 unspecified atom stereocenters. The summed E-state index contributed by atoms with van der Waals surface area (Å²) in [7, 11) is 0. The molecule has 0 aromatic rings. The van der Waals surface area contributed by atoms with E-state index in [9.17, 15) is 9.59 Å². The lowest BCUT2D eigenvalue weighted by Crippen LogP contribution is -2.11. The number of aliphatic hydroxyl groups excluding tert-OH is 1. The molecule has 0 fully saturated rings. The van der Waals surface area contributed by atoms with E-state index in [0.717, 1.165) is 6.08 Å². The number of Topliss-reactive ketones (excluding diaryl/α,β-unsaturated/α-hetero) is 1. The molecule has 64 valence electrons. The van der Waals surface area contributed by atoms with Crippen LogP contribution in [-0.2, 0) is 9.53 Å². The first-order valence-electron chi connectivity index (χ1n) is 3.13. The molecule has 1 rings (SSSR count). The number of ketones is 1. The van der Waals surface area contributed by atoms with Gasteiger partial charge in [0.2, 0.25) is 5.78 Å². The molecule has 5 heteroatoms. The van der Waals surface area contributed by atoms with E-state index in [2.05, 4.69) is 4.74 Å². The average molecular weight is 170 g/mol. The minimum atomic E-state index is -1.47. The van der Waals surface area contributed by atoms with Crippen molar-refractivity contribution in [1.29, 1.82) is 0 Å². The molecule has 0 spiro atoms. The van der Waals surface area contributed by atoms with E-state index in [-0.39, 0.29) is 17.9 Å². The van der Waals surface area contributed by atoms with Crippen LogP contribution in [0.5, 0.6) is 0 Å². The molecule has 0 amide bonds. The van der Waals surface area contributed by atoms with Crippen molar-refractivity contribution in [3.63, 3.8) is 0 Å². The second kappa shape index (κ2) is 3.08. The van der Waals surface area contributed by atoms with E-state index >= 15 is 0 Å². The Morgan fingerprint density at radius 3 is 2.67 bits per heavy atom. The molecule has 0 bridgehead atoms. The highest BCUT2D eigenvalue weighted by atomic mass is 16.7. The van der Waals surface area contributed by atoms with Gasteiger partial charge in [0.1, 0.15) is 5.76 Å². The Hall–Kier alpha value is -1.78. The summed E-state index contributed by atoms with van der Waals surface area (Å²) in [5.41, 5.74) is 0. The van der Waals surface area contributed by atoms with Crippen LogP contribution in [0.4, 0.5) is 4.79 Å². The maximum atomic E-state index is 10.8. The van der Waals surface area contributed by atoms with Crippen LogP contribution in [0.15, 0.2) is 23.7 Å². The monoisotopic (exact) mass is 170 g/mol. The standard InChI is InChI=1S/C7H6O5/c8-5-2-1-4(3-6(5)9)12-7(10)11/h1-2,8H,3H2,(H,10,11). The van der Waals surface area contributed by atoms with Gasteiger partial charge in [0.15, 0.2) is 5.76 Å². The Bertz CT molecular complexity index is 282. The third-order valence-electron chi connectivity index (χ3n) is 1.27. The highest BCUT2D eigenvalue weighted by Crippen LogP contribution is 2.14. The average Bonchev–Trinajstić information content (AvgIpc) is 1.96. The maximum Gasteiger partial charge on any atom is 0.511 e. The zero-order valence-corrected chi connectivity index (χ0v) is 5.98. The fourth-order valence-corrected chi connectivity index (χ4v) is 0.755.